The average Bonchev–Trinajstić information content (AvgIpc) is 2.91. The van der Waals surface area contributed by atoms with Crippen LogP contribution in [0, 0.1) is 5.41 Å². The highest BCUT2D eigenvalue weighted by Gasteiger charge is 2.47. The second kappa shape index (κ2) is 7.84. The van der Waals surface area contributed by atoms with Gasteiger partial charge in [-0.05, 0) is 29.7 Å². The molecule has 1 unspecified atom stereocenters. The van der Waals surface area contributed by atoms with Crippen molar-refractivity contribution in [3.8, 4) is 0 Å². The number of aromatic nitrogens is 1. The number of benzene rings is 1. The Morgan fingerprint density at radius 3 is 2.32 bits per heavy atom. The number of halogens is 3. The molecule has 0 fully saturated rings. The first kappa shape index (κ1) is 23.1. The third kappa shape index (κ3) is 4.55. The second-order valence-electron chi connectivity index (χ2n) is 9.86. The summed E-state index contributed by atoms with van der Waals surface area (Å²) in [5, 5.41) is 3.43. The van der Waals surface area contributed by atoms with Gasteiger partial charge in [0.1, 0.15) is 0 Å². The first-order valence-corrected chi connectivity index (χ1v) is 10.4. The number of nitrogens with zero attached hydrogens (tertiary/aromatic N) is 2. The van der Waals surface area contributed by atoms with Crippen LogP contribution in [0.15, 0.2) is 42.6 Å². The molecule has 0 bridgehead atoms. The van der Waals surface area contributed by atoms with Crippen LogP contribution in [-0.4, -0.2) is 35.1 Å². The number of carbonyl (C=O) groups is 1. The lowest BCUT2D eigenvalue weighted by molar-refractivity contribution is -0.192. The van der Waals surface area contributed by atoms with Gasteiger partial charge in [0.25, 0.3) is 0 Å². The predicted octanol–water partition coefficient (Wildman–Crippen LogP) is 5.50. The first-order valence-electron chi connectivity index (χ1n) is 10.4. The molecule has 7 heteroatoms. The van der Waals surface area contributed by atoms with Gasteiger partial charge in [0.15, 0.2) is 6.04 Å². The molecule has 1 aliphatic carbocycles. The van der Waals surface area contributed by atoms with E-state index in [-0.39, 0.29) is 17.2 Å². The Kier molecular flexibility index (Phi) is 5.84. The summed E-state index contributed by atoms with van der Waals surface area (Å²) in [7, 11) is 1.18. The Morgan fingerprint density at radius 1 is 1.16 bits per heavy atom. The molecule has 31 heavy (non-hydrogen) atoms. The molecule has 1 aromatic carbocycles. The number of hydrogen-bond acceptors (Lipinski definition) is 3. The van der Waals surface area contributed by atoms with Gasteiger partial charge in [0.05, 0.1) is 17.6 Å². The maximum absolute atomic E-state index is 13.8. The fourth-order valence-corrected chi connectivity index (χ4v) is 4.31. The number of amides is 1. The highest BCUT2D eigenvalue weighted by atomic mass is 19.4. The number of carbonyl (C=O) groups excluding carboxylic acids is 1. The van der Waals surface area contributed by atoms with E-state index in [0.29, 0.717) is 5.69 Å². The third-order valence-corrected chi connectivity index (χ3v) is 6.07. The van der Waals surface area contributed by atoms with Gasteiger partial charge in [-0.25, -0.2) is 0 Å². The molecule has 0 saturated heterocycles. The van der Waals surface area contributed by atoms with Crippen molar-refractivity contribution in [2.24, 2.45) is 5.41 Å². The number of hydrogen-bond donors (Lipinski definition) is 1. The monoisotopic (exact) mass is 433 g/mol. The minimum absolute atomic E-state index is 0.0982. The lowest BCUT2D eigenvalue weighted by atomic mass is 9.83. The molecule has 1 heterocycles. The predicted molar refractivity (Wildman–Crippen MR) is 116 cm³/mol. The van der Waals surface area contributed by atoms with Crippen molar-refractivity contribution in [2.75, 3.05) is 12.4 Å². The molecule has 1 aliphatic rings. The zero-order valence-corrected chi connectivity index (χ0v) is 18.8. The number of nitrogens with one attached hydrogen (secondary N) is 1. The summed E-state index contributed by atoms with van der Waals surface area (Å²) in [4.78, 5) is 17.3. The van der Waals surface area contributed by atoms with Crippen LogP contribution in [0.5, 0.6) is 0 Å². The van der Waals surface area contributed by atoms with Crippen molar-refractivity contribution in [1.29, 1.82) is 0 Å². The van der Waals surface area contributed by atoms with Gasteiger partial charge >= 0.3 is 6.18 Å². The van der Waals surface area contributed by atoms with E-state index in [1.165, 1.54) is 30.4 Å². The molecular weight excluding hydrogens is 403 g/mol. The van der Waals surface area contributed by atoms with Crippen LogP contribution in [0.25, 0.3) is 0 Å². The van der Waals surface area contributed by atoms with Gasteiger partial charge in [0, 0.05) is 23.9 Å². The van der Waals surface area contributed by atoms with Crippen LogP contribution in [0.2, 0.25) is 0 Å². The zero-order valence-electron chi connectivity index (χ0n) is 18.8. The molecule has 168 valence electrons. The molecule has 0 saturated carbocycles. The van der Waals surface area contributed by atoms with Gasteiger partial charge < -0.3 is 10.2 Å². The van der Waals surface area contributed by atoms with Gasteiger partial charge in [-0.1, -0.05) is 58.9 Å². The van der Waals surface area contributed by atoms with E-state index >= 15 is 0 Å². The molecule has 1 amide bonds. The van der Waals surface area contributed by atoms with Crippen molar-refractivity contribution in [2.45, 2.75) is 64.7 Å². The Morgan fingerprint density at radius 2 is 1.81 bits per heavy atom. The summed E-state index contributed by atoms with van der Waals surface area (Å²) < 4.78 is 41.5. The molecule has 1 N–H and O–H groups in total. The van der Waals surface area contributed by atoms with E-state index < -0.39 is 23.5 Å². The van der Waals surface area contributed by atoms with E-state index in [1.54, 1.807) is 26.8 Å². The second-order valence-corrected chi connectivity index (χ2v) is 9.86. The maximum Gasteiger partial charge on any atom is 0.414 e. The van der Waals surface area contributed by atoms with E-state index in [2.05, 4.69) is 36.3 Å². The van der Waals surface area contributed by atoms with E-state index in [4.69, 9.17) is 0 Å². The SMILES string of the molecule is CN(C(=O)C(C)(C)C)C(c1ccc(N[C@H]2Cc3ccccc3C2(C)C)cn1)C(F)(F)F. The van der Waals surface area contributed by atoms with Crippen molar-refractivity contribution in [3.63, 3.8) is 0 Å². The van der Waals surface area contributed by atoms with Gasteiger partial charge in [-0.3, -0.25) is 9.78 Å². The van der Waals surface area contributed by atoms with Crippen molar-refractivity contribution < 1.29 is 18.0 Å². The highest BCUT2D eigenvalue weighted by molar-refractivity contribution is 5.81. The molecule has 0 spiro atoms. The number of rotatable bonds is 4. The van der Waals surface area contributed by atoms with Crippen LogP contribution >= 0.6 is 0 Å². The van der Waals surface area contributed by atoms with Crippen molar-refractivity contribution in [1.82, 2.24) is 9.88 Å². The van der Waals surface area contributed by atoms with Gasteiger partial charge in [-0.15, -0.1) is 0 Å². The quantitative estimate of drug-likeness (QED) is 0.692. The van der Waals surface area contributed by atoms with Gasteiger partial charge in [-0.2, -0.15) is 13.2 Å². The minimum atomic E-state index is -4.63. The lowest BCUT2D eigenvalue weighted by Crippen LogP contribution is -2.44. The number of fused-ring (bicyclic) bond motifs is 1. The first-order chi connectivity index (χ1) is 14.2. The molecule has 4 nitrogen and oxygen atoms in total. The fraction of sp³-hybridized carbons (Fsp3) is 0.500. The van der Waals surface area contributed by atoms with Crippen molar-refractivity contribution in [3.05, 3.63) is 59.4 Å². The zero-order chi connectivity index (χ0) is 23.2. The summed E-state index contributed by atoms with van der Waals surface area (Å²) in [6.07, 6.45) is -2.38. The lowest BCUT2D eigenvalue weighted by Gasteiger charge is -2.34. The summed E-state index contributed by atoms with van der Waals surface area (Å²) in [6.45, 7) is 9.11. The number of pyridine rings is 1. The topological polar surface area (TPSA) is 45.2 Å². The van der Waals surface area contributed by atoms with E-state index in [0.717, 1.165) is 11.3 Å². The van der Waals surface area contributed by atoms with Crippen LogP contribution in [0.3, 0.4) is 0 Å². The third-order valence-electron chi connectivity index (χ3n) is 6.07. The van der Waals surface area contributed by atoms with E-state index in [1.807, 2.05) is 12.1 Å². The molecule has 3 rings (SSSR count). The summed E-state index contributed by atoms with van der Waals surface area (Å²) >= 11 is 0. The smallest absolute Gasteiger partial charge is 0.380 e. The summed E-state index contributed by atoms with van der Waals surface area (Å²) in [5.74, 6) is -0.593. The van der Waals surface area contributed by atoms with Gasteiger partial charge in [0.2, 0.25) is 5.91 Å². The van der Waals surface area contributed by atoms with Crippen LogP contribution in [0.1, 0.15) is 57.5 Å². The minimum Gasteiger partial charge on any atom is -0.380 e. The average molecular weight is 434 g/mol. The molecule has 2 aromatic rings. The van der Waals surface area contributed by atoms with Crippen LogP contribution < -0.4 is 5.32 Å². The Hall–Kier alpha value is -2.57. The fourth-order valence-electron chi connectivity index (χ4n) is 4.31. The number of anilines is 1. The molecule has 0 aliphatic heterocycles. The molecule has 1 aromatic heterocycles. The Bertz CT molecular complexity index is 946. The summed E-state index contributed by atoms with van der Waals surface area (Å²) in [5.41, 5.74) is 1.95. The van der Waals surface area contributed by atoms with Crippen LogP contribution in [-0.2, 0) is 16.6 Å². The molecule has 0 radical (unpaired) electrons. The largest absolute Gasteiger partial charge is 0.414 e. The van der Waals surface area contributed by atoms with Crippen molar-refractivity contribution >= 4 is 11.6 Å². The Balaban J connectivity index is 1.82. The molecular formula is C24H30F3N3O. The Labute approximate surface area is 181 Å². The standard InChI is InChI=1S/C24H30F3N3O/c1-22(2,3)21(31)30(6)20(24(25,26)27)18-12-11-16(14-28-18)29-19-13-15-9-7-8-10-17(15)23(19,4)5/h7-12,14,19-20,29H,13H2,1-6H3/t19-,20?/m0/s1. The highest BCUT2D eigenvalue weighted by Crippen LogP contribution is 2.41. The van der Waals surface area contributed by atoms with E-state index in [9.17, 15) is 18.0 Å². The maximum atomic E-state index is 13.8. The number of alkyl halides is 3. The normalized spacial score (nSPS) is 18.9. The molecule has 2 atom stereocenters. The summed E-state index contributed by atoms with van der Waals surface area (Å²) in [6, 6.07) is 9.22. The van der Waals surface area contributed by atoms with Crippen LogP contribution in [0.4, 0.5) is 18.9 Å².